The van der Waals surface area contributed by atoms with E-state index in [1.807, 2.05) is 44.2 Å². The van der Waals surface area contributed by atoms with E-state index < -0.39 is 0 Å². The maximum Gasteiger partial charge on any atom is 0.271 e. The Morgan fingerprint density at radius 1 is 1.24 bits per heavy atom. The number of nitrogens with zero attached hydrogens (tertiary/aromatic N) is 3. The zero-order chi connectivity index (χ0) is 17.6. The fourth-order valence-electron chi connectivity index (χ4n) is 2.57. The minimum absolute atomic E-state index is 0.0938. The van der Waals surface area contributed by atoms with Crippen molar-refractivity contribution in [1.82, 2.24) is 14.5 Å². The molecule has 3 heterocycles. The minimum Gasteiger partial charge on any atom is -0.444 e. The highest BCUT2D eigenvalue weighted by Crippen LogP contribution is 2.31. The highest BCUT2D eigenvalue weighted by Gasteiger charge is 2.13. The van der Waals surface area contributed by atoms with E-state index in [2.05, 4.69) is 9.97 Å². The van der Waals surface area contributed by atoms with Crippen molar-refractivity contribution >= 4 is 33.2 Å². The van der Waals surface area contributed by atoms with Crippen molar-refractivity contribution in [2.75, 3.05) is 0 Å². The molecule has 0 aliphatic carbocycles. The van der Waals surface area contributed by atoms with E-state index in [0.717, 1.165) is 21.9 Å². The van der Waals surface area contributed by atoms with Crippen LogP contribution in [0.5, 0.6) is 0 Å². The first-order chi connectivity index (χ1) is 12.0. The van der Waals surface area contributed by atoms with Crippen molar-refractivity contribution in [1.29, 1.82) is 0 Å². The van der Waals surface area contributed by atoms with Gasteiger partial charge in [-0.1, -0.05) is 23.7 Å². The van der Waals surface area contributed by atoms with E-state index in [1.54, 1.807) is 0 Å². The molecule has 0 saturated heterocycles. The number of thiophene rings is 1. The Labute approximate surface area is 152 Å². The molecule has 0 bridgehead atoms. The van der Waals surface area contributed by atoms with Crippen LogP contribution in [0.25, 0.3) is 20.7 Å². The second-order valence-corrected chi connectivity index (χ2v) is 7.25. The Morgan fingerprint density at radius 2 is 2.00 bits per heavy atom. The van der Waals surface area contributed by atoms with E-state index in [4.69, 9.17) is 16.0 Å². The third-order valence-corrected chi connectivity index (χ3v) is 5.42. The summed E-state index contributed by atoms with van der Waals surface area (Å²) in [4.78, 5) is 22.5. The van der Waals surface area contributed by atoms with Crippen molar-refractivity contribution < 1.29 is 4.42 Å². The first-order valence-corrected chi connectivity index (χ1v) is 8.88. The zero-order valence-electron chi connectivity index (χ0n) is 13.6. The van der Waals surface area contributed by atoms with Gasteiger partial charge in [0.25, 0.3) is 5.56 Å². The maximum absolute atomic E-state index is 12.8. The highest BCUT2D eigenvalue weighted by atomic mass is 35.5. The van der Waals surface area contributed by atoms with Crippen molar-refractivity contribution in [3.05, 3.63) is 69.4 Å². The van der Waals surface area contributed by atoms with Crippen LogP contribution in [-0.4, -0.2) is 14.5 Å². The summed E-state index contributed by atoms with van der Waals surface area (Å²) in [5, 5.41) is 0.682. The van der Waals surface area contributed by atoms with Gasteiger partial charge in [-0.3, -0.25) is 9.36 Å². The Balaban J connectivity index is 1.74. The summed E-state index contributed by atoms with van der Waals surface area (Å²) in [5.74, 6) is 1.27. The molecular formula is C18H14ClN3O2S. The molecule has 0 aliphatic rings. The fourth-order valence-corrected chi connectivity index (χ4v) is 3.76. The van der Waals surface area contributed by atoms with Crippen molar-refractivity contribution in [3.63, 3.8) is 0 Å². The normalized spacial score (nSPS) is 11.3. The molecule has 5 nitrogen and oxygen atoms in total. The number of fused-ring (bicyclic) bond motifs is 1. The second kappa shape index (κ2) is 6.13. The number of rotatable bonds is 3. The minimum atomic E-state index is -0.0938. The molecule has 0 saturated carbocycles. The molecule has 0 fully saturated rings. The van der Waals surface area contributed by atoms with Crippen LogP contribution in [0.15, 0.2) is 45.9 Å². The van der Waals surface area contributed by atoms with Gasteiger partial charge < -0.3 is 4.42 Å². The lowest BCUT2D eigenvalue weighted by Gasteiger charge is -2.01. The summed E-state index contributed by atoms with van der Waals surface area (Å²) < 4.78 is 7.70. The molecule has 126 valence electrons. The average molecular weight is 372 g/mol. The summed E-state index contributed by atoms with van der Waals surface area (Å²) in [6.07, 6.45) is 1.54. The second-order valence-electron chi connectivity index (χ2n) is 5.76. The van der Waals surface area contributed by atoms with E-state index in [9.17, 15) is 4.79 Å². The van der Waals surface area contributed by atoms with Gasteiger partial charge in [0.05, 0.1) is 17.5 Å². The lowest BCUT2D eigenvalue weighted by Crippen LogP contribution is -2.20. The monoisotopic (exact) mass is 371 g/mol. The van der Waals surface area contributed by atoms with Crippen LogP contribution in [0.3, 0.4) is 0 Å². The molecule has 25 heavy (non-hydrogen) atoms. The number of aryl methyl sites for hydroxylation is 2. The smallest absolute Gasteiger partial charge is 0.271 e. The van der Waals surface area contributed by atoms with Crippen LogP contribution in [0, 0.1) is 13.8 Å². The number of benzene rings is 1. The van der Waals surface area contributed by atoms with Crippen LogP contribution in [-0.2, 0) is 6.54 Å². The maximum atomic E-state index is 12.8. The summed E-state index contributed by atoms with van der Waals surface area (Å²) in [6, 6.07) is 9.46. The van der Waals surface area contributed by atoms with Crippen LogP contribution in [0.1, 0.15) is 17.3 Å². The third-order valence-electron chi connectivity index (χ3n) is 4.01. The van der Waals surface area contributed by atoms with Crippen LogP contribution in [0.4, 0.5) is 0 Å². The molecule has 0 amide bonds. The Bertz CT molecular complexity index is 1110. The van der Waals surface area contributed by atoms with Gasteiger partial charge in [0.2, 0.25) is 5.89 Å². The molecule has 0 N–H and O–H groups in total. The van der Waals surface area contributed by atoms with E-state index >= 15 is 0 Å². The van der Waals surface area contributed by atoms with E-state index in [1.165, 1.54) is 22.2 Å². The lowest BCUT2D eigenvalue weighted by molar-refractivity contribution is 0.453. The first-order valence-electron chi connectivity index (χ1n) is 7.69. The number of aromatic nitrogens is 3. The average Bonchev–Trinajstić information content (AvgIpc) is 3.15. The SMILES string of the molecule is Cc1nc(Cn2cnc3cc(-c4ccc(Cl)cc4)sc3c2=O)oc1C. The largest absolute Gasteiger partial charge is 0.444 e. The molecule has 0 radical (unpaired) electrons. The summed E-state index contributed by atoms with van der Waals surface area (Å²) in [6.45, 7) is 4.00. The standard InChI is InChI=1S/C18H14ClN3O2S/c1-10-11(2)24-16(21-10)8-22-9-20-14-7-15(25-17(14)18(22)23)12-3-5-13(19)6-4-12/h3-7,9H,8H2,1-2H3. The molecule has 0 unspecified atom stereocenters. The van der Waals surface area contributed by atoms with E-state index in [0.29, 0.717) is 21.1 Å². The summed E-state index contributed by atoms with van der Waals surface area (Å²) >= 11 is 7.36. The van der Waals surface area contributed by atoms with Crippen molar-refractivity contribution in [2.45, 2.75) is 20.4 Å². The van der Waals surface area contributed by atoms with E-state index in [-0.39, 0.29) is 12.1 Å². The van der Waals surface area contributed by atoms with Crippen molar-refractivity contribution in [2.24, 2.45) is 0 Å². The van der Waals surface area contributed by atoms with Gasteiger partial charge in [-0.15, -0.1) is 11.3 Å². The molecule has 1 aromatic carbocycles. The molecule has 0 aliphatic heterocycles. The summed E-state index contributed by atoms with van der Waals surface area (Å²) in [5.41, 5.74) is 2.44. The van der Waals surface area contributed by atoms with Crippen LogP contribution >= 0.6 is 22.9 Å². The Morgan fingerprint density at radius 3 is 2.68 bits per heavy atom. The van der Waals surface area contributed by atoms with Crippen LogP contribution < -0.4 is 5.56 Å². The Hall–Kier alpha value is -2.44. The molecule has 4 rings (SSSR count). The number of oxazole rings is 1. The third kappa shape index (κ3) is 2.99. The zero-order valence-corrected chi connectivity index (χ0v) is 15.2. The molecule has 4 aromatic rings. The summed E-state index contributed by atoms with van der Waals surface area (Å²) in [7, 11) is 0. The highest BCUT2D eigenvalue weighted by molar-refractivity contribution is 7.22. The number of halogens is 1. The number of hydrogen-bond donors (Lipinski definition) is 0. The molecule has 7 heteroatoms. The molecular weight excluding hydrogens is 358 g/mol. The number of hydrogen-bond acceptors (Lipinski definition) is 5. The Kier molecular flexibility index (Phi) is 3.94. The molecule has 0 atom stereocenters. The predicted octanol–water partition coefficient (Wildman–Crippen LogP) is 4.43. The van der Waals surface area contributed by atoms with Gasteiger partial charge in [0, 0.05) is 9.90 Å². The molecule has 0 spiro atoms. The van der Waals surface area contributed by atoms with Crippen molar-refractivity contribution in [3.8, 4) is 10.4 Å². The fraction of sp³-hybridized carbons (Fsp3) is 0.167. The van der Waals surface area contributed by atoms with Gasteiger partial charge in [-0.25, -0.2) is 9.97 Å². The molecule has 3 aromatic heterocycles. The van der Waals surface area contributed by atoms with Gasteiger partial charge in [-0.05, 0) is 37.6 Å². The van der Waals surface area contributed by atoms with Gasteiger partial charge in [-0.2, -0.15) is 0 Å². The van der Waals surface area contributed by atoms with Gasteiger partial charge in [0.15, 0.2) is 0 Å². The first kappa shape index (κ1) is 16.1. The topological polar surface area (TPSA) is 60.9 Å². The quantitative estimate of drug-likeness (QED) is 0.534. The van der Waals surface area contributed by atoms with Gasteiger partial charge in [0.1, 0.15) is 17.0 Å². The van der Waals surface area contributed by atoms with Crippen LogP contribution in [0.2, 0.25) is 5.02 Å². The van der Waals surface area contributed by atoms with Gasteiger partial charge >= 0.3 is 0 Å². The predicted molar refractivity (Wildman–Crippen MR) is 99.4 cm³/mol. The lowest BCUT2D eigenvalue weighted by atomic mass is 10.2.